The monoisotopic (exact) mass is 352 g/mol. The molecular weight excluding hydrogens is 324 g/mol. The Morgan fingerprint density at radius 1 is 1.19 bits per heavy atom. The summed E-state index contributed by atoms with van der Waals surface area (Å²) in [5, 5.41) is 3.54. The van der Waals surface area contributed by atoms with Crippen LogP contribution in [0.2, 0.25) is 0 Å². The summed E-state index contributed by atoms with van der Waals surface area (Å²) in [6.45, 7) is 4.27. The molecule has 1 saturated carbocycles. The second-order valence-electron chi connectivity index (χ2n) is 6.21. The Bertz CT molecular complexity index is 425. The van der Waals surface area contributed by atoms with Gasteiger partial charge in [-0.2, -0.15) is 0 Å². The molecule has 1 aromatic rings. The molecule has 0 aromatic heterocycles. The Hall–Kier alpha value is -0.540. The van der Waals surface area contributed by atoms with Crippen LogP contribution < -0.4 is 10.2 Å². The van der Waals surface area contributed by atoms with Crippen molar-refractivity contribution in [1.29, 1.82) is 0 Å². The Morgan fingerprint density at radius 3 is 2.57 bits per heavy atom. The smallest absolute Gasteiger partial charge is 0.0423 e. The highest BCUT2D eigenvalue weighted by Gasteiger charge is 2.19. The van der Waals surface area contributed by atoms with Crippen LogP contribution in [0.5, 0.6) is 0 Å². The van der Waals surface area contributed by atoms with E-state index >= 15 is 0 Å². The van der Waals surface area contributed by atoms with Crippen molar-refractivity contribution >= 4 is 21.6 Å². The molecule has 21 heavy (non-hydrogen) atoms. The number of benzene rings is 1. The van der Waals surface area contributed by atoms with E-state index in [-0.39, 0.29) is 0 Å². The van der Waals surface area contributed by atoms with E-state index < -0.39 is 0 Å². The zero-order valence-corrected chi connectivity index (χ0v) is 15.1. The zero-order chi connectivity index (χ0) is 15.1. The van der Waals surface area contributed by atoms with E-state index in [1.165, 1.54) is 60.7 Å². The van der Waals surface area contributed by atoms with E-state index in [0.29, 0.717) is 6.04 Å². The molecular formula is C18H29BrN2. The molecule has 1 aliphatic rings. The molecule has 1 aliphatic carbocycles. The van der Waals surface area contributed by atoms with E-state index in [0.717, 1.165) is 13.1 Å². The average Bonchev–Trinajstić information content (AvgIpc) is 2.77. The van der Waals surface area contributed by atoms with Crippen molar-refractivity contribution in [3.05, 3.63) is 28.2 Å². The summed E-state index contributed by atoms with van der Waals surface area (Å²) in [6.07, 6.45) is 9.44. The van der Waals surface area contributed by atoms with E-state index in [4.69, 9.17) is 0 Å². The highest BCUT2D eigenvalue weighted by Crippen LogP contribution is 2.30. The first-order chi connectivity index (χ1) is 10.2. The molecule has 0 aliphatic heterocycles. The maximum absolute atomic E-state index is 3.64. The van der Waals surface area contributed by atoms with Gasteiger partial charge in [0.2, 0.25) is 0 Å². The van der Waals surface area contributed by atoms with Crippen molar-refractivity contribution in [2.45, 2.75) is 64.5 Å². The summed E-state index contributed by atoms with van der Waals surface area (Å²) in [6, 6.07) is 7.41. The van der Waals surface area contributed by atoms with Gasteiger partial charge < -0.3 is 10.2 Å². The number of halogens is 1. The quantitative estimate of drug-likeness (QED) is 0.565. The van der Waals surface area contributed by atoms with Gasteiger partial charge in [-0.3, -0.25) is 0 Å². The molecule has 0 radical (unpaired) electrons. The van der Waals surface area contributed by atoms with Crippen LogP contribution >= 0.6 is 15.9 Å². The molecule has 1 N–H and O–H groups in total. The van der Waals surface area contributed by atoms with E-state index in [1.807, 2.05) is 0 Å². The minimum absolute atomic E-state index is 0.701. The molecule has 0 saturated heterocycles. The molecule has 0 spiro atoms. The molecule has 0 unspecified atom stereocenters. The lowest BCUT2D eigenvalue weighted by molar-refractivity contribution is 0.550. The van der Waals surface area contributed by atoms with Crippen LogP contribution in [0.25, 0.3) is 0 Å². The number of nitrogens with zero attached hydrogens (tertiary/aromatic N) is 1. The van der Waals surface area contributed by atoms with Gasteiger partial charge in [0.15, 0.2) is 0 Å². The van der Waals surface area contributed by atoms with Crippen molar-refractivity contribution in [1.82, 2.24) is 5.32 Å². The third-order valence-electron chi connectivity index (χ3n) is 4.54. The summed E-state index contributed by atoms with van der Waals surface area (Å²) in [7, 11) is 2.28. The third kappa shape index (κ3) is 5.00. The average molecular weight is 353 g/mol. The highest BCUT2D eigenvalue weighted by molar-refractivity contribution is 9.10. The van der Waals surface area contributed by atoms with Gasteiger partial charge in [-0.1, -0.05) is 54.6 Å². The van der Waals surface area contributed by atoms with Crippen molar-refractivity contribution in [3.63, 3.8) is 0 Å². The van der Waals surface area contributed by atoms with Crippen LogP contribution in [0.15, 0.2) is 22.7 Å². The maximum atomic E-state index is 3.64. The minimum Gasteiger partial charge on any atom is -0.371 e. The Balaban J connectivity index is 2.12. The first-order valence-electron chi connectivity index (χ1n) is 8.44. The van der Waals surface area contributed by atoms with Crippen LogP contribution in [0.4, 0.5) is 5.69 Å². The number of hydrogen-bond donors (Lipinski definition) is 1. The summed E-state index contributed by atoms with van der Waals surface area (Å²) in [4.78, 5) is 2.53. The van der Waals surface area contributed by atoms with Gasteiger partial charge >= 0.3 is 0 Å². The molecule has 0 heterocycles. The molecule has 2 rings (SSSR count). The fraction of sp³-hybridized carbons (Fsp3) is 0.667. The summed E-state index contributed by atoms with van der Waals surface area (Å²) < 4.78 is 1.18. The zero-order valence-electron chi connectivity index (χ0n) is 13.5. The van der Waals surface area contributed by atoms with Gasteiger partial charge in [0.05, 0.1) is 0 Å². The van der Waals surface area contributed by atoms with Crippen LogP contribution in [0.1, 0.15) is 57.4 Å². The Kier molecular flexibility index (Phi) is 7.05. The first kappa shape index (κ1) is 16.8. The van der Waals surface area contributed by atoms with Gasteiger partial charge in [-0.25, -0.2) is 0 Å². The molecule has 118 valence electrons. The summed E-state index contributed by atoms with van der Waals surface area (Å²) in [5.41, 5.74) is 2.80. The van der Waals surface area contributed by atoms with Gasteiger partial charge in [0.1, 0.15) is 0 Å². The van der Waals surface area contributed by atoms with Crippen LogP contribution in [-0.4, -0.2) is 19.6 Å². The maximum Gasteiger partial charge on any atom is 0.0423 e. The van der Waals surface area contributed by atoms with E-state index in [9.17, 15) is 0 Å². The Labute approximate surface area is 138 Å². The number of rotatable bonds is 6. The van der Waals surface area contributed by atoms with Crippen LogP contribution in [0.3, 0.4) is 0 Å². The van der Waals surface area contributed by atoms with Crippen molar-refractivity contribution in [2.24, 2.45) is 0 Å². The lowest BCUT2D eigenvalue weighted by atomic mass is 10.0. The first-order valence-corrected chi connectivity index (χ1v) is 9.23. The summed E-state index contributed by atoms with van der Waals surface area (Å²) >= 11 is 3.64. The number of hydrogen-bond acceptors (Lipinski definition) is 2. The second kappa shape index (κ2) is 8.79. The van der Waals surface area contributed by atoms with Gasteiger partial charge in [0.25, 0.3) is 0 Å². The molecule has 0 amide bonds. The molecule has 0 bridgehead atoms. The predicted molar refractivity (Wildman–Crippen MR) is 96.0 cm³/mol. The highest BCUT2D eigenvalue weighted by atomic mass is 79.9. The molecule has 1 aromatic carbocycles. The van der Waals surface area contributed by atoms with Gasteiger partial charge in [-0.05, 0) is 43.5 Å². The number of anilines is 1. The standard InChI is InChI=1S/C18H29BrN2/c1-3-12-20-14-15-10-11-16(19)13-18(15)21(2)17-8-6-4-5-7-9-17/h10-11,13,17,20H,3-9,12,14H2,1-2H3. The Morgan fingerprint density at radius 2 is 1.90 bits per heavy atom. The topological polar surface area (TPSA) is 15.3 Å². The third-order valence-corrected chi connectivity index (χ3v) is 5.04. The molecule has 0 atom stereocenters. The van der Waals surface area contributed by atoms with Crippen molar-refractivity contribution in [3.8, 4) is 0 Å². The predicted octanol–water partition coefficient (Wildman–Crippen LogP) is 5.11. The normalized spacial score (nSPS) is 16.7. The fourth-order valence-corrected chi connectivity index (χ4v) is 3.61. The van der Waals surface area contributed by atoms with E-state index in [2.05, 4.69) is 58.3 Å². The molecule has 3 heteroatoms. The van der Waals surface area contributed by atoms with Crippen molar-refractivity contribution < 1.29 is 0 Å². The van der Waals surface area contributed by atoms with Gasteiger partial charge in [0, 0.05) is 29.8 Å². The fourth-order valence-electron chi connectivity index (χ4n) is 3.26. The summed E-state index contributed by atoms with van der Waals surface area (Å²) in [5.74, 6) is 0. The molecule has 2 nitrogen and oxygen atoms in total. The van der Waals surface area contributed by atoms with Crippen LogP contribution in [-0.2, 0) is 6.54 Å². The molecule has 1 fully saturated rings. The lowest BCUT2D eigenvalue weighted by Crippen LogP contribution is -2.32. The minimum atomic E-state index is 0.701. The van der Waals surface area contributed by atoms with Crippen LogP contribution in [0, 0.1) is 0 Å². The lowest BCUT2D eigenvalue weighted by Gasteiger charge is -2.31. The SMILES string of the molecule is CCCNCc1ccc(Br)cc1N(C)C1CCCCCC1. The van der Waals surface area contributed by atoms with E-state index in [1.54, 1.807) is 0 Å². The number of nitrogens with one attached hydrogen (secondary N) is 1. The van der Waals surface area contributed by atoms with Crippen molar-refractivity contribution in [2.75, 3.05) is 18.5 Å². The largest absolute Gasteiger partial charge is 0.371 e. The van der Waals surface area contributed by atoms with Gasteiger partial charge in [-0.15, -0.1) is 0 Å². The second-order valence-corrected chi connectivity index (χ2v) is 7.12.